The highest BCUT2D eigenvalue weighted by Gasteiger charge is 2.21. The molecule has 0 fully saturated rings. The van der Waals surface area contributed by atoms with Crippen molar-refractivity contribution in [1.29, 1.82) is 0 Å². The highest BCUT2D eigenvalue weighted by molar-refractivity contribution is 6.02. The van der Waals surface area contributed by atoms with Crippen LogP contribution in [-0.4, -0.2) is 40.6 Å². The molecule has 0 bridgehead atoms. The van der Waals surface area contributed by atoms with Gasteiger partial charge in [-0.3, -0.25) is 0 Å². The lowest BCUT2D eigenvalue weighted by molar-refractivity contribution is 0.0538. The summed E-state index contributed by atoms with van der Waals surface area (Å²) in [4.78, 5) is 11.9. The number of rotatable bonds is 7. The summed E-state index contributed by atoms with van der Waals surface area (Å²) in [5, 5.41) is 28.4. The van der Waals surface area contributed by atoms with Crippen LogP contribution in [0.4, 0.5) is 0 Å². The third-order valence-corrected chi connectivity index (χ3v) is 4.16. The maximum Gasteiger partial charge on any atom is 0.336 e. The minimum absolute atomic E-state index is 0.100. The van der Waals surface area contributed by atoms with Crippen LogP contribution in [0.3, 0.4) is 0 Å². The van der Waals surface area contributed by atoms with Gasteiger partial charge in [0.2, 0.25) is 0 Å². The fraction of sp³-hybridized carbons (Fsp3) is 0.136. The molecule has 3 rings (SSSR count). The molecule has 3 aromatic rings. The molecule has 1 atom stereocenters. The molecule has 0 amide bonds. The fourth-order valence-corrected chi connectivity index (χ4v) is 2.92. The highest BCUT2D eigenvalue weighted by atomic mass is 16.5. The molecule has 5 nitrogen and oxygen atoms in total. The molecule has 0 spiro atoms. The second kappa shape index (κ2) is 8.49. The first-order valence-electron chi connectivity index (χ1n) is 8.54. The number of carboxylic acids is 1. The lowest BCUT2D eigenvalue weighted by atomic mass is 9.89. The van der Waals surface area contributed by atoms with E-state index in [1.165, 1.54) is 6.07 Å². The zero-order valence-electron chi connectivity index (χ0n) is 14.6. The summed E-state index contributed by atoms with van der Waals surface area (Å²) in [6.07, 6.45) is -1.02. The number of benzene rings is 3. The van der Waals surface area contributed by atoms with Crippen molar-refractivity contribution < 1.29 is 24.9 Å². The average molecular weight is 364 g/mol. The van der Waals surface area contributed by atoms with Gasteiger partial charge in [-0.25, -0.2) is 4.79 Å². The highest BCUT2D eigenvalue weighted by Crippen LogP contribution is 2.41. The molecule has 27 heavy (non-hydrogen) atoms. The summed E-state index contributed by atoms with van der Waals surface area (Å²) < 4.78 is 5.74. The lowest BCUT2D eigenvalue weighted by Crippen LogP contribution is -2.21. The number of hydrogen-bond acceptors (Lipinski definition) is 4. The van der Waals surface area contributed by atoms with E-state index in [4.69, 9.17) is 9.84 Å². The number of carboxylic acid groups (broad SMARTS) is 1. The molecular formula is C22H20O5. The smallest absolute Gasteiger partial charge is 0.336 e. The Balaban J connectivity index is 2.25. The minimum atomic E-state index is -1.03. The molecule has 0 saturated carbocycles. The van der Waals surface area contributed by atoms with Crippen molar-refractivity contribution in [2.75, 3.05) is 13.2 Å². The van der Waals surface area contributed by atoms with E-state index >= 15 is 0 Å². The molecule has 0 radical (unpaired) electrons. The summed E-state index contributed by atoms with van der Waals surface area (Å²) >= 11 is 0. The van der Waals surface area contributed by atoms with Crippen molar-refractivity contribution in [3.63, 3.8) is 0 Å². The molecule has 138 valence electrons. The van der Waals surface area contributed by atoms with E-state index < -0.39 is 18.7 Å². The number of aliphatic hydroxyl groups excluding tert-OH is 2. The summed E-state index contributed by atoms with van der Waals surface area (Å²) in [5.74, 6) is -0.592. The maximum absolute atomic E-state index is 11.9. The van der Waals surface area contributed by atoms with E-state index in [2.05, 4.69) is 0 Å². The van der Waals surface area contributed by atoms with Crippen LogP contribution in [0.2, 0.25) is 0 Å². The summed E-state index contributed by atoms with van der Waals surface area (Å²) in [6, 6.07) is 21.7. The van der Waals surface area contributed by atoms with Gasteiger partial charge in [0.25, 0.3) is 0 Å². The second-order valence-electron chi connectivity index (χ2n) is 6.05. The van der Waals surface area contributed by atoms with Gasteiger partial charge in [-0.05, 0) is 23.3 Å². The first-order chi connectivity index (χ1) is 13.1. The molecule has 3 aromatic carbocycles. The molecule has 0 aromatic heterocycles. The monoisotopic (exact) mass is 364 g/mol. The zero-order valence-corrected chi connectivity index (χ0v) is 14.6. The predicted octanol–water partition coefficient (Wildman–Crippen LogP) is 3.45. The van der Waals surface area contributed by atoms with E-state index in [-0.39, 0.29) is 12.2 Å². The predicted molar refractivity (Wildman–Crippen MR) is 103 cm³/mol. The SMILES string of the molecule is O=C(O)c1ccc(OCC(O)CO)c(-c2ccccc2)c1-c1ccccc1. The van der Waals surface area contributed by atoms with E-state index in [1.807, 2.05) is 60.7 Å². The Morgan fingerprint density at radius 3 is 1.93 bits per heavy atom. The zero-order chi connectivity index (χ0) is 19.2. The number of carbonyl (C=O) groups is 1. The second-order valence-corrected chi connectivity index (χ2v) is 6.05. The summed E-state index contributed by atoms with van der Waals surface area (Å²) in [6.45, 7) is -0.517. The van der Waals surface area contributed by atoms with Crippen LogP contribution in [0.25, 0.3) is 22.3 Å². The van der Waals surface area contributed by atoms with Crippen LogP contribution in [0.5, 0.6) is 5.75 Å². The van der Waals surface area contributed by atoms with Crippen LogP contribution < -0.4 is 4.74 Å². The minimum Gasteiger partial charge on any atom is -0.490 e. The maximum atomic E-state index is 11.9. The Hall–Kier alpha value is -3.15. The normalized spacial score (nSPS) is 11.8. The van der Waals surface area contributed by atoms with Crippen molar-refractivity contribution >= 4 is 5.97 Å². The molecule has 5 heteroatoms. The molecule has 0 aliphatic carbocycles. The number of aliphatic hydroxyl groups is 2. The average Bonchev–Trinajstić information content (AvgIpc) is 2.72. The lowest BCUT2D eigenvalue weighted by Gasteiger charge is -2.19. The molecule has 0 saturated heterocycles. The molecular weight excluding hydrogens is 344 g/mol. The molecule has 0 aliphatic heterocycles. The van der Waals surface area contributed by atoms with Crippen LogP contribution in [0.1, 0.15) is 10.4 Å². The Kier molecular flexibility index (Phi) is 5.86. The van der Waals surface area contributed by atoms with Gasteiger partial charge < -0.3 is 20.1 Å². The Morgan fingerprint density at radius 1 is 0.852 bits per heavy atom. The van der Waals surface area contributed by atoms with Gasteiger partial charge in [-0.2, -0.15) is 0 Å². The Labute approximate surface area is 157 Å². The van der Waals surface area contributed by atoms with Gasteiger partial charge in [0.15, 0.2) is 0 Å². The first-order valence-corrected chi connectivity index (χ1v) is 8.54. The third-order valence-electron chi connectivity index (χ3n) is 4.16. The van der Waals surface area contributed by atoms with E-state index in [1.54, 1.807) is 6.07 Å². The largest absolute Gasteiger partial charge is 0.490 e. The third kappa shape index (κ3) is 4.16. The standard InChI is InChI=1S/C22H20O5/c23-13-17(24)14-27-19-12-11-18(22(25)26)20(15-7-3-1-4-8-15)21(19)16-9-5-2-6-10-16/h1-12,17,23-24H,13-14H2,(H,25,26). The molecule has 1 unspecified atom stereocenters. The van der Waals surface area contributed by atoms with E-state index in [0.29, 0.717) is 16.9 Å². The van der Waals surface area contributed by atoms with Crippen LogP contribution >= 0.6 is 0 Å². The van der Waals surface area contributed by atoms with E-state index in [0.717, 1.165) is 11.1 Å². The van der Waals surface area contributed by atoms with E-state index in [9.17, 15) is 15.0 Å². The molecule has 0 heterocycles. The van der Waals surface area contributed by atoms with Crippen LogP contribution in [0.15, 0.2) is 72.8 Å². The van der Waals surface area contributed by atoms with Gasteiger partial charge in [-0.15, -0.1) is 0 Å². The summed E-state index contributed by atoms with van der Waals surface area (Å²) in [5.41, 5.74) is 2.89. The van der Waals surface area contributed by atoms with Gasteiger partial charge >= 0.3 is 5.97 Å². The Bertz CT molecular complexity index is 907. The van der Waals surface area contributed by atoms with Gasteiger partial charge in [0, 0.05) is 11.1 Å². The van der Waals surface area contributed by atoms with Gasteiger partial charge in [-0.1, -0.05) is 60.7 Å². The van der Waals surface area contributed by atoms with Crippen molar-refractivity contribution in [3.8, 4) is 28.0 Å². The quantitative estimate of drug-likeness (QED) is 0.598. The molecule has 0 aliphatic rings. The fourth-order valence-electron chi connectivity index (χ4n) is 2.92. The number of aromatic carboxylic acids is 1. The van der Waals surface area contributed by atoms with Crippen LogP contribution in [-0.2, 0) is 0 Å². The Morgan fingerprint density at radius 2 is 1.41 bits per heavy atom. The van der Waals surface area contributed by atoms with Gasteiger partial charge in [0.1, 0.15) is 18.5 Å². The topological polar surface area (TPSA) is 87.0 Å². The number of hydrogen-bond donors (Lipinski definition) is 3. The van der Waals surface area contributed by atoms with Crippen molar-refractivity contribution in [1.82, 2.24) is 0 Å². The first kappa shape index (κ1) is 18.6. The number of ether oxygens (including phenoxy) is 1. The van der Waals surface area contributed by atoms with Crippen molar-refractivity contribution in [2.45, 2.75) is 6.10 Å². The van der Waals surface area contributed by atoms with Gasteiger partial charge in [0.05, 0.1) is 12.2 Å². The molecule has 3 N–H and O–H groups in total. The van der Waals surface area contributed by atoms with Crippen LogP contribution in [0, 0.1) is 0 Å². The van der Waals surface area contributed by atoms with Crippen molar-refractivity contribution in [2.24, 2.45) is 0 Å². The van der Waals surface area contributed by atoms with Crippen molar-refractivity contribution in [3.05, 3.63) is 78.4 Å². The summed E-state index contributed by atoms with van der Waals surface area (Å²) in [7, 11) is 0.